The van der Waals surface area contributed by atoms with Crippen LogP contribution in [0.15, 0.2) is 16.8 Å². The molecule has 0 atom stereocenters. The van der Waals surface area contributed by atoms with Crippen molar-refractivity contribution in [2.45, 2.75) is 26.4 Å². The molecule has 0 radical (unpaired) electrons. The van der Waals surface area contributed by atoms with E-state index >= 15 is 0 Å². The Labute approximate surface area is 96.0 Å². The predicted octanol–water partition coefficient (Wildman–Crippen LogP) is 3.80. The third-order valence-electron chi connectivity index (χ3n) is 1.29. The van der Waals surface area contributed by atoms with Crippen molar-refractivity contribution in [1.82, 2.24) is 0 Å². The van der Waals surface area contributed by atoms with Crippen LogP contribution in [0, 0.1) is 0 Å². The number of rotatable bonds is 1. The Morgan fingerprint density at radius 3 is 2.64 bits per heavy atom. The number of ether oxygens (including phenoxy) is 1. The lowest BCUT2D eigenvalue weighted by molar-refractivity contribution is 0.0614. The molecule has 0 spiro atoms. The van der Waals surface area contributed by atoms with Crippen molar-refractivity contribution in [2.75, 3.05) is 3.93 Å². The molecule has 1 aromatic rings. The van der Waals surface area contributed by atoms with Crippen LogP contribution in [0.4, 0.5) is 10.5 Å². The van der Waals surface area contributed by atoms with Crippen LogP contribution in [-0.4, -0.2) is 11.7 Å². The lowest BCUT2D eigenvalue weighted by Crippen LogP contribution is -2.30. The number of nitrogens with zero attached hydrogens (tertiary/aromatic N) is 1. The highest BCUT2D eigenvalue weighted by atomic mass is 79.9. The Bertz CT molecular complexity index is 305. The molecule has 3 nitrogen and oxygen atoms in total. The summed E-state index contributed by atoms with van der Waals surface area (Å²) >= 11 is 4.67. The molecule has 0 saturated carbocycles. The van der Waals surface area contributed by atoms with Crippen LogP contribution in [0.5, 0.6) is 0 Å². The van der Waals surface area contributed by atoms with Crippen LogP contribution < -0.4 is 3.93 Å². The molecule has 14 heavy (non-hydrogen) atoms. The monoisotopic (exact) mass is 277 g/mol. The van der Waals surface area contributed by atoms with Crippen molar-refractivity contribution in [3.8, 4) is 0 Å². The molecule has 0 aliphatic heterocycles. The topological polar surface area (TPSA) is 29.5 Å². The van der Waals surface area contributed by atoms with Crippen molar-refractivity contribution < 1.29 is 9.53 Å². The average molecular weight is 278 g/mol. The van der Waals surface area contributed by atoms with E-state index in [4.69, 9.17) is 4.74 Å². The number of halogens is 1. The van der Waals surface area contributed by atoms with Crippen molar-refractivity contribution in [1.29, 1.82) is 0 Å². The third kappa shape index (κ3) is 3.31. The van der Waals surface area contributed by atoms with Gasteiger partial charge in [-0.3, -0.25) is 0 Å². The summed E-state index contributed by atoms with van der Waals surface area (Å²) in [4.78, 5) is 11.5. The molecule has 5 heteroatoms. The van der Waals surface area contributed by atoms with Crippen molar-refractivity contribution >= 4 is 39.3 Å². The Hall–Kier alpha value is -0.550. The van der Waals surface area contributed by atoms with Crippen molar-refractivity contribution in [2.24, 2.45) is 0 Å². The second kappa shape index (κ2) is 4.31. The van der Waals surface area contributed by atoms with Gasteiger partial charge >= 0.3 is 6.09 Å². The summed E-state index contributed by atoms with van der Waals surface area (Å²) in [5, 5.41) is 3.76. The maximum atomic E-state index is 11.5. The second-order valence-electron chi connectivity index (χ2n) is 3.74. The highest BCUT2D eigenvalue weighted by molar-refractivity contribution is 9.10. The molecule has 0 saturated heterocycles. The van der Waals surface area contributed by atoms with E-state index in [2.05, 4.69) is 16.1 Å². The number of anilines is 1. The number of hydrogen-bond acceptors (Lipinski definition) is 3. The Morgan fingerprint density at radius 2 is 2.21 bits per heavy atom. The van der Waals surface area contributed by atoms with Crippen molar-refractivity contribution in [3.63, 3.8) is 0 Å². The Balaban J connectivity index is 2.63. The molecule has 0 fully saturated rings. The van der Waals surface area contributed by atoms with E-state index in [0.29, 0.717) is 0 Å². The van der Waals surface area contributed by atoms with E-state index in [1.807, 2.05) is 37.6 Å². The van der Waals surface area contributed by atoms with Crippen LogP contribution in [0.1, 0.15) is 20.8 Å². The maximum absolute atomic E-state index is 11.5. The zero-order valence-electron chi connectivity index (χ0n) is 8.28. The van der Waals surface area contributed by atoms with Gasteiger partial charge in [0.25, 0.3) is 0 Å². The molecule has 0 aromatic carbocycles. The molecule has 0 N–H and O–H groups in total. The van der Waals surface area contributed by atoms with Gasteiger partial charge in [-0.15, -0.1) is 0 Å². The quantitative estimate of drug-likeness (QED) is 0.731. The van der Waals surface area contributed by atoms with Gasteiger partial charge in [-0.1, -0.05) is 0 Å². The summed E-state index contributed by atoms with van der Waals surface area (Å²) in [6.45, 7) is 5.50. The first-order valence-electron chi connectivity index (χ1n) is 4.11. The summed E-state index contributed by atoms with van der Waals surface area (Å²) in [5.74, 6) is 0. The van der Waals surface area contributed by atoms with Crippen LogP contribution >= 0.6 is 27.5 Å². The molecule has 0 aliphatic rings. The van der Waals surface area contributed by atoms with E-state index in [1.54, 1.807) is 0 Å². The predicted molar refractivity (Wildman–Crippen MR) is 62.0 cm³/mol. The SMILES string of the molecule is CC(C)(C)OC(=O)N(Br)c1ccsc1. The van der Waals surface area contributed by atoms with E-state index < -0.39 is 11.7 Å². The molecule has 1 amide bonds. The molecule has 0 aliphatic carbocycles. The summed E-state index contributed by atoms with van der Waals surface area (Å²) in [5.41, 5.74) is 0.309. The van der Waals surface area contributed by atoms with Crippen LogP contribution in [0.25, 0.3) is 0 Å². The van der Waals surface area contributed by atoms with Crippen molar-refractivity contribution in [3.05, 3.63) is 16.8 Å². The number of thiophene rings is 1. The zero-order valence-corrected chi connectivity index (χ0v) is 10.7. The van der Waals surface area contributed by atoms with Crippen LogP contribution in [0.2, 0.25) is 0 Å². The maximum Gasteiger partial charge on any atom is 0.425 e. The van der Waals surface area contributed by atoms with Gasteiger partial charge in [-0.25, -0.2) is 8.72 Å². The second-order valence-corrected chi connectivity index (χ2v) is 5.23. The molecule has 1 rings (SSSR count). The molecule has 0 unspecified atom stereocenters. The van der Waals surface area contributed by atoms with Gasteiger partial charge < -0.3 is 4.74 Å². The van der Waals surface area contributed by atoms with Gasteiger partial charge in [0.15, 0.2) is 0 Å². The smallest absolute Gasteiger partial charge is 0.425 e. The van der Waals surface area contributed by atoms with Gasteiger partial charge in [0.1, 0.15) is 5.60 Å². The minimum atomic E-state index is -0.473. The minimum absolute atomic E-state index is 0.407. The third-order valence-corrected chi connectivity index (χ3v) is 2.66. The van der Waals surface area contributed by atoms with Gasteiger partial charge in [-0.05, 0) is 32.2 Å². The average Bonchev–Trinajstić information content (AvgIpc) is 2.51. The van der Waals surface area contributed by atoms with Gasteiger partial charge in [0, 0.05) is 5.38 Å². The molecule has 1 aromatic heterocycles. The molecule has 78 valence electrons. The fraction of sp³-hybridized carbons (Fsp3) is 0.444. The lowest BCUT2D eigenvalue weighted by Gasteiger charge is -2.22. The van der Waals surface area contributed by atoms with Gasteiger partial charge in [-0.2, -0.15) is 11.3 Å². The molecular formula is C9H12BrNO2S. The highest BCUT2D eigenvalue weighted by Crippen LogP contribution is 2.23. The summed E-state index contributed by atoms with van der Waals surface area (Å²) < 4.78 is 6.48. The Kier molecular flexibility index (Phi) is 3.55. The molecule has 1 heterocycles. The Morgan fingerprint density at radius 1 is 1.57 bits per heavy atom. The molecule has 0 bridgehead atoms. The number of carbonyl (C=O) groups excluding carboxylic acids is 1. The van der Waals surface area contributed by atoms with E-state index in [1.165, 1.54) is 15.3 Å². The minimum Gasteiger partial charge on any atom is -0.443 e. The summed E-state index contributed by atoms with van der Waals surface area (Å²) in [6, 6.07) is 1.84. The summed E-state index contributed by atoms with van der Waals surface area (Å²) in [6.07, 6.45) is -0.407. The normalized spacial score (nSPS) is 11.1. The van der Waals surface area contributed by atoms with Gasteiger partial charge in [0.05, 0.1) is 21.8 Å². The fourth-order valence-electron chi connectivity index (χ4n) is 0.776. The zero-order chi connectivity index (χ0) is 10.8. The number of amides is 1. The number of hydrogen-bond donors (Lipinski definition) is 0. The highest BCUT2D eigenvalue weighted by Gasteiger charge is 2.21. The number of carbonyl (C=O) groups is 1. The largest absolute Gasteiger partial charge is 0.443 e. The first kappa shape index (κ1) is 11.5. The van der Waals surface area contributed by atoms with Crippen LogP contribution in [0.3, 0.4) is 0 Å². The lowest BCUT2D eigenvalue weighted by atomic mass is 10.2. The van der Waals surface area contributed by atoms with E-state index in [9.17, 15) is 4.79 Å². The molecular weight excluding hydrogens is 266 g/mol. The van der Waals surface area contributed by atoms with E-state index in [0.717, 1.165) is 5.69 Å². The fourth-order valence-corrected chi connectivity index (χ4v) is 1.82. The van der Waals surface area contributed by atoms with E-state index in [-0.39, 0.29) is 0 Å². The van der Waals surface area contributed by atoms with Crippen LogP contribution in [-0.2, 0) is 4.74 Å². The standard InChI is InChI=1S/C9H12BrNO2S/c1-9(2,3)13-8(12)11(10)7-4-5-14-6-7/h4-6H,1-3H3. The van der Waals surface area contributed by atoms with Gasteiger partial charge in [0.2, 0.25) is 0 Å². The first-order chi connectivity index (χ1) is 6.40. The summed E-state index contributed by atoms with van der Waals surface area (Å²) in [7, 11) is 0. The first-order valence-corrected chi connectivity index (χ1v) is 5.76.